The summed E-state index contributed by atoms with van der Waals surface area (Å²) < 4.78 is 18.7. The van der Waals surface area contributed by atoms with Crippen LogP contribution < -0.4 is 15.6 Å². The Morgan fingerprint density at radius 3 is 2.57 bits per heavy atom. The van der Waals surface area contributed by atoms with Crippen LogP contribution in [0.15, 0.2) is 77.6 Å². The van der Waals surface area contributed by atoms with Crippen molar-refractivity contribution in [3.63, 3.8) is 0 Å². The summed E-state index contributed by atoms with van der Waals surface area (Å²) in [6.07, 6.45) is 0.0119. The first-order valence-corrected chi connectivity index (χ1v) is 9.32. The highest BCUT2D eigenvalue weighted by molar-refractivity contribution is 5.95. The number of H-pyrrole nitrogens is 1. The highest BCUT2D eigenvalue weighted by atomic mass is 19.1. The van der Waals surface area contributed by atoms with E-state index in [1.54, 1.807) is 60.7 Å². The lowest BCUT2D eigenvalue weighted by molar-refractivity contribution is -0.115. The number of aromatic amines is 1. The molecular weight excluding hydrogens is 385 g/mol. The molecule has 4 rings (SSSR count). The number of ether oxygens (including phenoxy) is 1. The molecule has 0 unspecified atom stereocenters. The molecule has 1 aromatic heterocycles. The predicted octanol–water partition coefficient (Wildman–Crippen LogP) is 3.82. The lowest BCUT2D eigenvalue weighted by Gasteiger charge is -2.10. The molecule has 1 amide bonds. The van der Waals surface area contributed by atoms with Gasteiger partial charge < -0.3 is 10.1 Å². The number of nitrogens with one attached hydrogen (secondary N) is 2. The molecule has 0 aliphatic heterocycles. The van der Waals surface area contributed by atoms with Crippen LogP contribution in [0.3, 0.4) is 0 Å². The fourth-order valence-corrected chi connectivity index (χ4v) is 3.07. The third-order valence-corrected chi connectivity index (χ3v) is 4.54. The minimum Gasteiger partial charge on any atom is -0.489 e. The second kappa shape index (κ2) is 8.57. The van der Waals surface area contributed by atoms with Crippen LogP contribution in [0.4, 0.5) is 10.1 Å². The number of halogens is 1. The lowest BCUT2D eigenvalue weighted by Crippen LogP contribution is -2.18. The zero-order valence-corrected chi connectivity index (χ0v) is 15.9. The molecule has 0 aliphatic rings. The first kappa shape index (κ1) is 19.3. The second-order valence-electron chi connectivity index (χ2n) is 6.71. The van der Waals surface area contributed by atoms with Crippen molar-refractivity contribution >= 4 is 22.4 Å². The van der Waals surface area contributed by atoms with E-state index in [9.17, 15) is 14.0 Å². The summed E-state index contributed by atoms with van der Waals surface area (Å²) in [7, 11) is 0. The van der Waals surface area contributed by atoms with E-state index in [-0.39, 0.29) is 30.3 Å². The molecule has 0 radical (unpaired) electrons. The van der Waals surface area contributed by atoms with Crippen molar-refractivity contribution in [2.75, 3.05) is 5.32 Å². The molecule has 0 saturated carbocycles. The van der Waals surface area contributed by atoms with Crippen LogP contribution in [-0.4, -0.2) is 16.1 Å². The quantitative estimate of drug-likeness (QED) is 0.513. The predicted molar refractivity (Wildman–Crippen MR) is 112 cm³/mol. The molecule has 0 bridgehead atoms. The highest BCUT2D eigenvalue weighted by Crippen LogP contribution is 2.20. The molecule has 3 aromatic carbocycles. The van der Waals surface area contributed by atoms with E-state index in [0.717, 1.165) is 5.56 Å². The molecule has 2 N–H and O–H groups in total. The molecular formula is C23H18FN3O3. The van der Waals surface area contributed by atoms with Crippen molar-refractivity contribution in [3.05, 3.63) is 100 Å². The maximum Gasteiger partial charge on any atom is 0.272 e. The van der Waals surface area contributed by atoms with Gasteiger partial charge in [-0.25, -0.2) is 9.49 Å². The van der Waals surface area contributed by atoms with E-state index in [0.29, 0.717) is 27.9 Å². The van der Waals surface area contributed by atoms with E-state index in [1.165, 1.54) is 12.1 Å². The van der Waals surface area contributed by atoms with Crippen LogP contribution in [0.2, 0.25) is 0 Å². The summed E-state index contributed by atoms with van der Waals surface area (Å²) in [6, 6.07) is 20.1. The van der Waals surface area contributed by atoms with Gasteiger partial charge in [-0.05, 0) is 35.9 Å². The smallest absolute Gasteiger partial charge is 0.272 e. The number of hydrogen-bond donors (Lipinski definition) is 2. The SMILES string of the molecule is O=C(Cc1n[nH]c(=O)c2ccccc12)Nc1cccc(OCc2ccc(F)cc2)c1. The van der Waals surface area contributed by atoms with Crippen LogP contribution in [0, 0.1) is 5.82 Å². The number of carbonyl (C=O) groups excluding carboxylic acids is 1. The normalized spacial score (nSPS) is 10.7. The summed E-state index contributed by atoms with van der Waals surface area (Å²) >= 11 is 0. The summed E-state index contributed by atoms with van der Waals surface area (Å²) in [6.45, 7) is 0.283. The first-order valence-electron chi connectivity index (χ1n) is 9.32. The number of nitrogens with zero attached hydrogens (tertiary/aromatic N) is 1. The van der Waals surface area contributed by atoms with E-state index < -0.39 is 0 Å². The number of fused-ring (bicyclic) bond motifs is 1. The number of aromatic nitrogens is 2. The van der Waals surface area contributed by atoms with Gasteiger partial charge in [0.25, 0.3) is 5.56 Å². The molecule has 1 heterocycles. The average molecular weight is 403 g/mol. The Morgan fingerprint density at radius 2 is 1.77 bits per heavy atom. The van der Waals surface area contributed by atoms with Gasteiger partial charge in [0.05, 0.1) is 17.5 Å². The van der Waals surface area contributed by atoms with Gasteiger partial charge in [0.2, 0.25) is 5.91 Å². The Kier molecular flexibility index (Phi) is 5.52. The lowest BCUT2D eigenvalue weighted by atomic mass is 10.1. The molecule has 4 aromatic rings. The van der Waals surface area contributed by atoms with Gasteiger partial charge in [0.15, 0.2) is 0 Å². The second-order valence-corrected chi connectivity index (χ2v) is 6.71. The fraction of sp³-hybridized carbons (Fsp3) is 0.0870. The molecule has 0 fully saturated rings. The van der Waals surface area contributed by atoms with Crippen molar-refractivity contribution in [1.82, 2.24) is 10.2 Å². The third kappa shape index (κ3) is 4.52. The Labute approximate surface area is 171 Å². The molecule has 0 saturated heterocycles. The monoisotopic (exact) mass is 403 g/mol. The molecule has 7 heteroatoms. The number of anilines is 1. The van der Waals surface area contributed by atoms with Crippen LogP contribution in [-0.2, 0) is 17.8 Å². The van der Waals surface area contributed by atoms with Crippen molar-refractivity contribution in [2.24, 2.45) is 0 Å². The summed E-state index contributed by atoms with van der Waals surface area (Å²) in [5.41, 5.74) is 1.61. The van der Waals surface area contributed by atoms with E-state index in [2.05, 4.69) is 15.5 Å². The Balaban J connectivity index is 1.43. The zero-order chi connectivity index (χ0) is 20.9. The molecule has 0 atom stereocenters. The van der Waals surface area contributed by atoms with Gasteiger partial charge >= 0.3 is 0 Å². The van der Waals surface area contributed by atoms with Gasteiger partial charge in [-0.3, -0.25) is 9.59 Å². The van der Waals surface area contributed by atoms with E-state index in [1.807, 2.05) is 0 Å². The Bertz CT molecular complexity index is 1250. The van der Waals surface area contributed by atoms with E-state index in [4.69, 9.17) is 4.74 Å². The number of benzene rings is 3. The summed E-state index contributed by atoms with van der Waals surface area (Å²) in [5, 5.41) is 10.4. The van der Waals surface area contributed by atoms with Crippen molar-refractivity contribution in [1.29, 1.82) is 0 Å². The first-order chi connectivity index (χ1) is 14.6. The van der Waals surface area contributed by atoms with Gasteiger partial charge in [-0.15, -0.1) is 0 Å². The molecule has 0 aliphatic carbocycles. The van der Waals surface area contributed by atoms with Crippen molar-refractivity contribution in [3.8, 4) is 5.75 Å². The van der Waals surface area contributed by atoms with Gasteiger partial charge in [-0.1, -0.05) is 36.4 Å². The maximum absolute atomic E-state index is 13.0. The number of rotatable bonds is 6. The minimum absolute atomic E-state index is 0.0119. The average Bonchev–Trinajstić information content (AvgIpc) is 2.76. The Hall–Kier alpha value is -4.00. The molecule has 150 valence electrons. The Morgan fingerprint density at radius 1 is 1.00 bits per heavy atom. The standard InChI is InChI=1S/C23H18FN3O3/c24-16-10-8-15(9-11-16)14-30-18-5-3-4-17(12-18)25-22(28)13-21-19-6-1-2-7-20(19)23(29)27-26-21/h1-12H,13-14H2,(H,25,28)(H,27,29). The summed E-state index contributed by atoms with van der Waals surface area (Å²) in [5.74, 6) is 0.00773. The summed E-state index contributed by atoms with van der Waals surface area (Å²) in [4.78, 5) is 24.4. The molecule has 6 nitrogen and oxygen atoms in total. The van der Waals surface area contributed by atoms with Crippen LogP contribution >= 0.6 is 0 Å². The van der Waals surface area contributed by atoms with Gasteiger partial charge in [0.1, 0.15) is 18.2 Å². The van der Waals surface area contributed by atoms with Crippen LogP contribution in [0.1, 0.15) is 11.3 Å². The fourth-order valence-electron chi connectivity index (χ4n) is 3.07. The maximum atomic E-state index is 13.0. The van der Waals surface area contributed by atoms with Crippen molar-refractivity contribution < 1.29 is 13.9 Å². The third-order valence-electron chi connectivity index (χ3n) is 4.54. The molecule has 30 heavy (non-hydrogen) atoms. The van der Waals surface area contributed by atoms with Crippen LogP contribution in [0.25, 0.3) is 10.8 Å². The van der Waals surface area contributed by atoms with Crippen LogP contribution in [0.5, 0.6) is 5.75 Å². The zero-order valence-electron chi connectivity index (χ0n) is 15.9. The van der Waals surface area contributed by atoms with Crippen molar-refractivity contribution in [2.45, 2.75) is 13.0 Å². The minimum atomic E-state index is -0.298. The number of amides is 1. The largest absolute Gasteiger partial charge is 0.489 e. The topological polar surface area (TPSA) is 84.1 Å². The highest BCUT2D eigenvalue weighted by Gasteiger charge is 2.11. The number of carbonyl (C=O) groups is 1. The van der Waals surface area contributed by atoms with Gasteiger partial charge in [0, 0.05) is 17.1 Å². The van der Waals surface area contributed by atoms with E-state index >= 15 is 0 Å². The molecule has 0 spiro atoms. The van der Waals surface area contributed by atoms with Gasteiger partial charge in [-0.2, -0.15) is 5.10 Å². The number of hydrogen-bond acceptors (Lipinski definition) is 4.